The summed E-state index contributed by atoms with van der Waals surface area (Å²) in [5, 5.41) is 0. The molecule has 0 N–H and O–H groups in total. The Labute approximate surface area is 120 Å². The Kier molecular flexibility index (Phi) is 3.52. The lowest BCUT2D eigenvalue weighted by Crippen LogP contribution is -2.34. The van der Waals surface area contributed by atoms with E-state index in [1.807, 2.05) is 37.8 Å². The molecule has 2 unspecified atom stereocenters. The van der Waals surface area contributed by atoms with Gasteiger partial charge < -0.3 is 4.74 Å². The van der Waals surface area contributed by atoms with E-state index in [0.717, 1.165) is 12.8 Å². The summed E-state index contributed by atoms with van der Waals surface area (Å²) in [6, 6.07) is 8.81. The first kappa shape index (κ1) is 14.2. The Morgan fingerprint density at radius 2 is 1.63 bits per heavy atom. The van der Waals surface area contributed by atoms with E-state index in [9.17, 15) is 4.79 Å². The second kappa shape index (κ2) is 4.71. The third-order valence-corrected chi connectivity index (χ3v) is 3.70. The van der Waals surface area contributed by atoms with Gasteiger partial charge in [-0.15, -0.1) is 12.4 Å². The van der Waals surface area contributed by atoms with E-state index >= 15 is 0 Å². The van der Waals surface area contributed by atoms with Gasteiger partial charge in [0.2, 0.25) is 0 Å². The van der Waals surface area contributed by atoms with E-state index in [0.29, 0.717) is 0 Å². The number of nitrogens with zero attached hydrogens (tertiary/aromatic N) is 1. The molecule has 2 heterocycles. The number of rotatable bonds is 0. The first-order valence-corrected chi connectivity index (χ1v) is 6.57. The molecule has 0 radical (unpaired) electrons. The van der Waals surface area contributed by atoms with Gasteiger partial charge >= 0.3 is 6.09 Å². The fraction of sp³-hybridized carbons (Fsp3) is 0.533. The normalized spacial score (nSPS) is 23.8. The SMILES string of the molecule is CC(C)(C)OC(=O)N1C2CCC1c1ccccc12.Cl. The summed E-state index contributed by atoms with van der Waals surface area (Å²) < 4.78 is 5.52. The van der Waals surface area contributed by atoms with E-state index in [4.69, 9.17) is 4.74 Å². The zero-order chi connectivity index (χ0) is 12.9. The summed E-state index contributed by atoms with van der Waals surface area (Å²) in [5.74, 6) is 0. The Morgan fingerprint density at radius 1 is 1.16 bits per heavy atom. The monoisotopic (exact) mass is 281 g/mol. The van der Waals surface area contributed by atoms with Gasteiger partial charge in [0.1, 0.15) is 5.60 Å². The largest absolute Gasteiger partial charge is 0.444 e. The molecular weight excluding hydrogens is 262 g/mol. The average Bonchev–Trinajstić information content (AvgIpc) is 2.83. The van der Waals surface area contributed by atoms with Gasteiger partial charge in [0.15, 0.2) is 0 Å². The van der Waals surface area contributed by atoms with Gasteiger partial charge in [-0.1, -0.05) is 24.3 Å². The first-order valence-electron chi connectivity index (χ1n) is 6.57. The van der Waals surface area contributed by atoms with E-state index in [1.54, 1.807) is 0 Å². The molecule has 104 valence electrons. The predicted molar refractivity (Wildman–Crippen MR) is 76.5 cm³/mol. The van der Waals surface area contributed by atoms with Crippen molar-refractivity contribution < 1.29 is 9.53 Å². The van der Waals surface area contributed by atoms with Crippen molar-refractivity contribution in [1.82, 2.24) is 4.90 Å². The van der Waals surface area contributed by atoms with Crippen LogP contribution < -0.4 is 0 Å². The van der Waals surface area contributed by atoms with Crippen LogP contribution in [-0.2, 0) is 4.74 Å². The van der Waals surface area contributed by atoms with Crippen LogP contribution in [-0.4, -0.2) is 16.6 Å². The minimum Gasteiger partial charge on any atom is -0.444 e. The Hall–Kier alpha value is -1.22. The zero-order valence-electron chi connectivity index (χ0n) is 11.6. The fourth-order valence-electron chi connectivity index (χ4n) is 3.11. The van der Waals surface area contributed by atoms with Gasteiger partial charge in [-0.3, -0.25) is 4.90 Å². The van der Waals surface area contributed by atoms with Crippen molar-refractivity contribution in [3.63, 3.8) is 0 Å². The molecule has 2 bridgehead atoms. The lowest BCUT2D eigenvalue weighted by molar-refractivity contribution is 0.0177. The standard InChI is InChI=1S/C15H19NO2.ClH/c1-15(2,3)18-14(17)16-12-8-9-13(16)11-7-5-4-6-10(11)12;/h4-7,12-13H,8-9H2,1-3H3;1H. The molecule has 3 nitrogen and oxygen atoms in total. The molecule has 0 saturated carbocycles. The Morgan fingerprint density at radius 3 is 2.05 bits per heavy atom. The highest BCUT2D eigenvalue weighted by Crippen LogP contribution is 2.53. The number of fused-ring (bicyclic) bond motifs is 5. The van der Waals surface area contributed by atoms with E-state index in [2.05, 4.69) is 12.1 Å². The van der Waals surface area contributed by atoms with Crippen molar-refractivity contribution >= 4 is 18.5 Å². The van der Waals surface area contributed by atoms with Crippen LogP contribution in [0.2, 0.25) is 0 Å². The summed E-state index contributed by atoms with van der Waals surface area (Å²) in [4.78, 5) is 14.2. The van der Waals surface area contributed by atoms with E-state index < -0.39 is 5.60 Å². The molecule has 2 atom stereocenters. The number of benzene rings is 1. The molecule has 3 rings (SSSR count). The van der Waals surface area contributed by atoms with Gasteiger partial charge in [0.05, 0.1) is 12.1 Å². The number of hydrogen-bond acceptors (Lipinski definition) is 2. The van der Waals surface area contributed by atoms with Gasteiger partial charge in [-0.2, -0.15) is 0 Å². The first-order chi connectivity index (χ1) is 8.47. The molecule has 1 aromatic rings. The second-order valence-corrected chi connectivity index (χ2v) is 6.13. The summed E-state index contributed by atoms with van der Waals surface area (Å²) in [6.07, 6.45) is 1.94. The lowest BCUT2D eigenvalue weighted by atomic mass is 9.92. The minimum absolute atomic E-state index is 0. The summed E-state index contributed by atoms with van der Waals surface area (Å²) >= 11 is 0. The summed E-state index contributed by atoms with van der Waals surface area (Å²) in [5.41, 5.74) is 2.19. The molecule has 19 heavy (non-hydrogen) atoms. The maximum atomic E-state index is 12.3. The zero-order valence-corrected chi connectivity index (χ0v) is 12.4. The molecule has 1 fully saturated rings. The average molecular weight is 282 g/mol. The number of amides is 1. The quantitative estimate of drug-likeness (QED) is 0.712. The molecule has 1 saturated heterocycles. The Bertz CT molecular complexity index is 464. The molecule has 2 aliphatic heterocycles. The molecule has 4 heteroatoms. The molecule has 1 amide bonds. The number of hydrogen-bond donors (Lipinski definition) is 0. The van der Waals surface area contributed by atoms with Crippen molar-refractivity contribution in [2.75, 3.05) is 0 Å². The maximum absolute atomic E-state index is 12.3. The van der Waals surface area contributed by atoms with Crippen molar-refractivity contribution in [3.8, 4) is 0 Å². The summed E-state index contributed by atoms with van der Waals surface area (Å²) in [6.45, 7) is 5.74. The highest BCUT2D eigenvalue weighted by Gasteiger charge is 2.47. The van der Waals surface area contributed by atoms with Crippen molar-refractivity contribution in [1.29, 1.82) is 0 Å². The topological polar surface area (TPSA) is 29.5 Å². The van der Waals surface area contributed by atoms with Gasteiger partial charge in [-0.25, -0.2) is 4.79 Å². The second-order valence-electron chi connectivity index (χ2n) is 6.13. The van der Waals surface area contributed by atoms with Crippen molar-refractivity contribution in [3.05, 3.63) is 35.4 Å². The molecule has 1 aromatic carbocycles. The van der Waals surface area contributed by atoms with Crippen LogP contribution >= 0.6 is 12.4 Å². The third kappa shape index (κ3) is 2.32. The third-order valence-electron chi connectivity index (χ3n) is 3.70. The van der Waals surface area contributed by atoms with Gasteiger partial charge in [-0.05, 0) is 44.7 Å². The van der Waals surface area contributed by atoms with Crippen LogP contribution in [0.5, 0.6) is 0 Å². The highest BCUT2D eigenvalue weighted by atomic mass is 35.5. The van der Waals surface area contributed by atoms with Crippen LogP contribution in [0.1, 0.15) is 56.8 Å². The van der Waals surface area contributed by atoms with E-state index in [-0.39, 0.29) is 30.6 Å². The predicted octanol–water partition coefficient (Wildman–Crippen LogP) is 4.24. The molecule has 0 aromatic heterocycles. The molecule has 2 aliphatic rings. The van der Waals surface area contributed by atoms with E-state index in [1.165, 1.54) is 11.1 Å². The van der Waals surface area contributed by atoms with Crippen LogP contribution in [0.25, 0.3) is 0 Å². The lowest BCUT2D eigenvalue weighted by Gasteiger charge is -2.27. The minimum atomic E-state index is -0.425. The van der Waals surface area contributed by atoms with Gasteiger partial charge in [0.25, 0.3) is 0 Å². The smallest absolute Gasteiger partial charge is 0.411 e. The van der Waals surface area contributed by atoms with Crippen molar-refractivity contribution in [2.45, 2.75) is 51.3 Å². The van der Waals surface area contributed by atoms with Crippen LogP contribution in [0, 0.1) is 0 Å². The van der Waals surface area contributed by atoms with Crippen LogP contribution in [0.4, 0.5) is 4.79 Å². The molecule has 0 aliphatic carbocycles. The Balaban J connectivity index is 0.00000133. The molecular formula is C15H20ClNO2. The van der Waals surface area contributed by atoms with Gasteiger partial charge in [0, 0.05) is 0 Å². The number of halogens is 1. The maximum Gasteiger partial charge on any atom is 0.411 e. The molecule has 0 spiro atoms. The fourth-order valence-corrected chi connectivity index (χ4v) is 3.11. The summed E-state index contributed by atoms with van der Waals surface area (Å²) in [7, 11) is 0. The number of ether oxygens (including phenoxy) is 1. The highest BCUT2D eigenvalue weighted by molar-refractivity contribution is 5.85. The number of carbonyl (C=O) groups excluding carboxylic acids is 1. The van der Waals surface area contributed by atoms with Crippen molar-refractivity contribution in [2.24, 2.45) is 0 Å². The number of carbonyl (C=O) groups is 1. The van der Waals surface area contributed by atoms with Crippen LogP contribution in [0.3, 0.4) is 0 Å². The van der Waals surface area contributed by atoms with Crippen LogP contribution in [0.15, 0.2) is 24.3 Å².